The quantitative estimate of drug-likeness (QED) is 0.734. The fourth-order valence-corrected chi connectivity index (χ4v) is 2.42. The number of carbonyl (C=O) groups is 1. The minimum absolute atomic E-state index is 0.143. The van der Waals surface area contributed by atoms with Gasteiger partial charge < -0.3 is 10.2 Å². The molecule has 0 aliphatic carbocycles. The molecule has 2 heterocycles. The highest BCUT2D eigenvalue weighted by Crippen LogP contribution is 2.20. The van der Waals surface area contributed by atoms with Gasteiger partial charge in [-0.3, -0.25) is 4.79 Å². The Morgan fingerprint density at radius 3 is 2.64 bits per heavy atom. The average molecular weight is 196 g/mol. The van der Waals surface area contributed by atoms with Crippen molar-refractivity contribution in [3.63, 3.8) is 0 Å². The topological polar surface area (TPSA) is 32.3 Å². The molecule has 2 fully saturated rings. The molecule has 80 valence electrons. The molecule has 2 atom stereocenters. The second kappa shape index (κ2) is 4.30. The van der Waals surface area contributed by atoms with E-state index >= 15 is 0 Å². The first-order valence-electron chi connectivity index (χ1n) is 5.86. The predicted octanol–water partition coefficient (Wildman–Crippen LogP) is 1.14. The summed E-state index contributed by atoms with van der Waals surface area (Å²) in [4.78, 5) is 13.9. The molecule has 2 rings (SSSR count). The van der Waals surface area contributed by atoms with E-state index in [0.717, 1.165) is 19.5 Å². The SMILES string of the molecule is CCCC1CC(C(=O)N2CCCC2)N1. The molecule has 2 aliphatic rings. The van der Waals surface area contributed by atoms with E-state index in [-0.39, 0.29) is 6.04 Å². The van der Waals surface area contributed by atoms with Crippen LogP contribution < -0.4 is 5.32 Å². The molecule has 0 aromatic rings. The van der Waals surface area contributed by atoms with Crippen LogP contribution in [0.3, 0.4) is 0 Å². The first-order valence-corrected chi connectivity index (χ1v) is 5.86. The standard InChI is InChI=1S/C11H20N2O/c1-2-5-9-8-10(12-9)11(14)13-6-3-4-7-13/h9-10,12H,2-8H2,1H3. The molecule has 0 radical (unpaired) electrons. The number of carbonyl (C=O) groups excluding carboxylic acids is 1. The summed E-state index contributed by atoms with van der Waals surface area (Å²) in [5, 5.41) is 3.37. The number of nitrogens with one attached hydrogen (secondary N) is 1. The zero-order chi connectivity index (χ0) is 9.97. The lowest BCUT2D eigenvalue weighted by Gasteiger charge is -2.38. The van der Waals surface area contributed by atoms with E-state index < -0.39 is 0 Å². The van der Waals surface area contributed by atoms with Gasteiger partial charge in [-0.2, -0.15) is 0 Å². The Balaban J connectivity index is 1.73. The summed E-state index contributed by atoms with van der Waals surface area (Å²) in [5.41, 5.74) is 0. The molecule has 0 spiro atoms. The van der Waals surface area contributed by atoms with Crippen LogP contribution >= 0.6 is 0 Å². The van der Waals surface area contributed by atoms with Crippen LogP contribution in [-0.4, -0.2) is 36.0 Å². The van der Waals surface area contributed by atoms with Gasteiger partial charge in [0.15, 0.2) is 0 Å². The van der Waals surface area contributed by atoms with E-state index in [0.29, 0.717) is 11.9 Å². The number of hydrogen-bond acceptors (Lipinski definition) is 2. The second-order valence-corrected chi connectivity index (χ2v) is 4.47. The Morgan fingerprint density at radius 2 is 2.07 bits per heavy atom. The Hall–Kier alpha value is -0.570. The van der Waals surface area contributed by atoms with E-state index in [1.807, 2.05) is 4.90 Å². The number of rotatable bonds is 3. The smallest absolute Gasteiger partial charge is 0.239 e. The maximum absolute atomic E-state index is 11.8. The third-order valence-electron chi connectivity index (χ3n) is 3.31. The van der Waals surface area contributed by atoms with Crippen molar-refractivity contribution >= 4 is 5.91 Å². The fraction of sp³-hybridized carbons (Fsp3) is 0.909. The molecule has 0 bridgehead atoms. The van der Waals surface area contributed by atoms with Crippen molar-refractivity contribution in [3.05, 3.63) is 0 Å². The summed E-state index contributed by atoms with van der Waals surface area (Å²) in [6.45, 7) is 4.15. The summed E-state index contributed by atoms with van der Waals surface area (Å²) in [6, 6.07) is 0.751. The van der Waals surface area contributed by atoms with E-state index in [2.05, 4.69) is 12.2 Å². The molecule has 2 unspecified atom stereocenters. The number of nitrogens with zero attached hydrogens (tertiary/aromatic N) is 1. The van der Waals surface area contributed by atoms with E-state index in [1.165, 1.54) is 25.7 Å². The van der Waals surface area contributed by atoms with E-state index in [1.54, 1.807) is 0 Å². The predicted molar refractivity (Wildman–Crippen MR) is 56.1 cm³/mol. The van der Waals surface area contributed by atoms with Crippen LogP contribution in [0.2, 0.25) is 0 Å². The molecule has 1 N–H and O–H groups in total. The Kier molecular flexibility index (Phi) is 3.06. The van der Waals surface area contributed by atoms with Gasteiger partial charge in [0.25, 0.3) is 0 Å². The van der Waals surface area contributed by atoms with Crippen molar-refractivity contribution in [2.75, 3.05) is 13.1 Å². The third-order valence-corrected chi connectivity index (χ3v) is 3.31. The Bertz CT molecular complexity index is 205. The molecular weight excluding hydrogens is 176 g/mol. The fourth-order valence-electron chi connectivity index (χ4n) is 2.42. The van der Waals surface area contributed by atoms with Gasteiger partial charge in [-0.15, -0.1) is 0 Å². The van der Waals surface area contributed by atoms with Gasteiger partial charge in [-0.05, 0) is 25.7 Å². The van der Waals surface area contributed by atoms with Crippen molar-refractivity contribution in [2.45, 2.75) is 51.1 Å². The average Bonchev–Trinajstić information content (AvgIpc) is 2.62. The molecule has 2 saturated heterocycles. The van der Waals surface area contributed by atoms with Crippen molar-refractivity contribution in [3.8, 4) is 0 Å². The minimum atomic E-state index is 0.143. The Labute approximate surface area is 85.8 Å². The number of amides is 1. The van der Waals surface area contributed by atoms with Gasteiger partial charge in [-0.25, -0.2) is 0 Å². The van der Waals surface area contributed by atoms with Crippen LogP contribution in [0.4, 0.5) is 0 Å². The first kappa shape index (κ1) is 9.97. The van der Waals surface area contributed by atoms with Crippen LogP contribution in [0.15, 0.2) is 0 Å². The minimum Gasteiger partial charge on any atom is -0.341 e. The third kappa shape index (κ3) is 1.92. The molecule has 2 aliphatic heterocycles. The highest BCUT2D eigenvalue weighted by Gasteiger charge is 2.35. The summed E-state index contributed by atoms with van der Waals surface area (Å²) in [7, 11) is 0. The van der Waals surface area contributed by atoms with Gasteiger partial charge in [0.05, 0.1) is 6.04 Å². The lowest BCUT2D eigenvalue weighted by atomic mass is 9.92. The summed E-state index contributed by atoms with van der Waals surface area (Å²) < 4.78 is 0. The summed E-state index contributed by atoms with van der Waals surface area (Å²) >= 11 is 0. The largest absolute Gasteiger partial charge is 0.341 e. The molecule has 3 nitrogen and oxygen atoms in total. The molecule has 3 heteroatoms. The van der Waals surface area contributed by atoms with Gasteiger partial charge in [-0.1, -0.05) is 13.3 Å². The maximum atomic E-state index is 11.8. The zero-order valence-electron chi connectivity index (χ0n) is 8.96. The van der Waals surface area contributed by atoms with Gasteiger partial charge in [0.2, 0.25) is 5.91 Å². The molecule has 0 saturated carbocycles. The van der Waals surface area contributed by atoms with Crippen molar-refractivity contribution in [1.82, 2.24) is 10.2 Å². The molecular formula is C11H20N2O. The second-order valence-electron chi connectivity index (χ2n) is 4.47. The molecule has 0 aromatic heterocycles. The van der Waals surface area contributed by atoms with Crippen LogP contribution in [0.1, 0.15) is 39.0 Å². The maximum Gasteiger partial charge on any atom is 0.239 e. The van der Waals surface area contributed by atoms with Crippen molar-refractivity contribution in [2.24, 2.45) is 0 Å². The van der Waals surface area contributed by atoms with Crippen molar-refractivity contribution in [1.29, 1.82) is 0 Å². The van der Waals surface area contributed by atoms with Crippen LogP contribution in [0, 0.1) is 0 Å². The normalized spacial score (nSPS) is 31.6. The Morgan fingerprint density at radius 1 is 1.43 bits per heavy atom. The van der Waals surface area contributed by atoms with E-state index in [4.69, 9.17) is 0 Å². The lowest BCUT2D eigenvalue weighted by Crippen LogP contribution is -2.59. The van der Waals surface area contributed by atoms with E-state index in [9.17, 15) is 4.79 Å². The zero-order valence-corrected chi connectivity index (χ0v) is 8.96. The van der Waals surface area contributed by atoms with Gasteiger partial charge in [0, 0.05) is 19.1 Å². The molecule has 14 heavy (non-hydrogen) atoms. The monoisotopic (exact) mass is 196 g/mol. The van der Waals surface area contributed by atoms with Gasteiger partial charge in [0.1, 0.15) is 0 Å². The lowest BCUT2D eigenvalue weighted by molar-refractivity contribution is -0.135. The summed E-state index contributed by atoms with van der Waals surface area (Å²) in [6.07, 6.45) is 5.86. The molecule has 0 aromatic carbocycles. The number of hydrogen-bond donors (Lipinski definition) is 1. The molecule has 1 amide bonds. The van der Waals surface area contributed by atoms with Crippen LogP contribution in [-0.2, 0) is 4.79 Å². The van der Waals surface area contributed by atoms with Gasteiger partial charge >= 0.3 is 0 Å². The highest BCUT2D eigenvalue weighted by atomic mass is 16.2. The van der Waals surface area contributed by atoms with Crippen LogP contribution in [0.5, 0.6) is 0 Å². The highest BCUT2D eigenvalue weighted by molar-refractivity contribution is 5.83. The number of likely N-dealkylation sites (tertiary alicyclic amines) is 1. The summed E-state index contributed by atoms with van der Waals surface area (Å²) in [5.74, 6) is 0.342. The van der Waals surface area contributed by atoms with Crippen LogP contribution in [0.25, 0.3) is 0 Å². The first-order chi connectivity index (χ1) is 6.81. The van der Waals surface area contributed by atoms with Crippen molar-refractivity contribution < 1.29 is 4.79 Å².